The fraction of sp³-hybridized carbons (Fsp3) is 0.800. The molecule has 2 atom stereocenters. The largest absolute Gasteiger partial charge is 0.370 e. The summed E-state index contributed by atoms with van der Waals surface area (Å²) in [6, 6.07) is -0.771. The third kappa shape index (κ3) is 3.51. The maximum Gasteiger partial charge on any atom is 0.240 e. The molecule has 0 aliphatic carbocycles. The molecular formula is C10H19N3O2. The fourth-order valence-corrected chi connectivity index (χ4v) is 1.93. The first kappa shape index (κ1) is 12.0. The van der Waals surface area contributed by atoms with Gasteiger partial charge in [-0.15, -0.1) is 0 Å². The molecule has 0 aromatic heterocycles. The first-order chi connectivity index (χ1) is 7.00. The first-order valence-corrected chi connectivity index (χ1v) is 5.33. The molecule has 15 heavy (non-hydrogen) atoms. The van der Waals surface area contributed by atoms with E-state index >= 15 is 0 Å². The highest BCUT2D eigenvalue weighted by atomic mass is 16.2. The Kier molecular flexibility index (Phi) is 4.08. The van der Waals surface area contributed by atoms with Crippen molar-refractivity contribution >= 4 is 11.8 Å². The van der Waals surface area contributed by atoms with Gasteiger partial charge in [0.15, 0.2) is 0 Å². The van der Waals surface area contributed by atoms with E-state index in [-0.39, 0.29) is 12.3 Å². The van der Waals surface area contributed by atoms with Gasteiger partial charge in [0.25, 0.3) is 0 Å². The van der Waals surface area contributed by atoms with E-state index in [1.165, 1.54) is 0 Å². The number of nitrogens with zero attached hydrogens (tertiary/aromatic N) is 1. The van der Waals surface area contributed by atoms with Gasteiger partial charge in [0.2, 0.25) is 11.8 Å². The number of carbonyl (C=O) groups is 2. The number of likely N-dealkylation sites (tertiary alicyclic amines) is 1. The van der Waals surface area contributed by atoms with Gasteiger partial charge in [-0.25, -0.2) is 0 Å². The zero-order valence-corrected chi connectivity index (χ0v) is 9.11. The van der Waals surface area contributed by atoms with E-state index in [9.17, 15) is 9.59 Å². The van der Waals surface area contributed by atoms with Crippen molar-refractivity contribution in [3.8, 4) is 0 Å². The Labute approximate surface area is 89.8 Å². The number of hydrogen-bond donors (Lipinski definition) is 2. The SMILES string of the molecule is CC1CCCN(C(=O)C(N)CC(N)=O)C1. The second-order valence-electron chi connectivity index (χ2n) is 4.31. The van der Waals surface area contributed by atoms with Gasteiger partial charge in [0, 0.05) is 13.1 Å². The van der Waals surface area contributed by atoms with Crippen LogP contribution in [0.1, 0.15) is 26.2 Å². The van der Waals surface area contributed by atoms with Crippen LogP contribution in [0.5, 0.6) is 0 Å². The highest BCUT2D eigenvalue weighted by molar-refractivity contribution is 5.87. The normalized spacial score (nSPS) is 23.6. The molecule has 86 valence electrons. The predicted molar refractivity (Wildman–Crippen MR) is 56.8 cm³/mol. The molecule has 2 unspecified atom stereocenters. The molecule has 1 saturated heterocycles. The lowest BCUT2D eigenvalue weighted by molar-refractivity contribution is -0.136. The summed E-state index contributed by atoms with van der Waals surface area (Å²) in [4.78, 5) is 24.1. The summed E-state index contributed by atoms with van der Waals surface area (Å²) >= 11 is 0. The molecule has 0 spiro atoms. The van der Waals surface area contributed by atoms with Crippen LogP contribution < -0.4 is 11.5 Å². The quantitative estimate of drug-likeness (QED) is 0.659. The van der Waals surface area contributed by atoms with E-state index in [2.05, 4.69) is 6.92 Å². The summed E-state index contributed by atoms with van der Waals surface area (Å²) in [6.07, 6.45) is 2.09. The third-order valence-corrected chi connectivity index (χ3v) is 2.71. The van der Waals surface area contributed by atoms with E-state index in [1.807, 2.05) is 0 Å². The van der Waals surface area contributed by atoms with Crippen LogP contribution in [-0.4, -0.2) is 35.8 Å². The van der Waals surface area contributed by atoms with Gasteiger partial charge in [-0.2, -0.15) is 0 Å². The molecule has 1 rings (SSSR count). The van der Waals surface area contributed by atoms with Gasteiger partial charge < -0.3 is 16.4 Å². The molecule has 1 aliphatic rings. The van der Waals surface area contributed by atoms with E-state index in [1.54, 1.807) is 4.90 Å². The predicted octanol–water partition coefficient (Wildman–Crippen LogP) is -0.552. The van der Waals surface area contributed by atoms with Crippen LogP contribution in [0.3, 0.4) is 0 Å². The zero-order valence-electron chi connectivity index (χ0n) is 9.11. The Morgan fingerprint density at radius 3 is 2.73 bits per heavy atom. The average Bonchev–Trinajstić information content (AvgIpc) is 2.15. The van der Waals surface area contributed by atoms with Crippen LogP contribution >= 0.6 is 0 Å². The number of hydrogen-bond acceptors (Lipinski definition) is 3. The van der Waals surface area contributed by atoms with E-state index in [0.29, 0.717) is 5.92 Å². The molecule has 0 aromatic carbocycles. The van der Waals surface area contributed by atoms with Gasteiger partial charge in [-0.1, -0.05) is 6.92 Å². The van der Waals surface area contributed by atoms with Crippen molar-refractivity contribution in [3.05, 3.63) is 0 Å². The topological polar surface area (TPSA) is 89.4 Å². The first-order valence-electron chi connectivity index (χ1n) is 5.33. The van der Waals surface area contributed by atoms with Crippen LogP contribution in [0.2, 0.25) is 0 Å². The minimum absolute atomic E-state index is 0.0658. The minimum atomic E-state index is -0.771. The fourth-order valence-electron chi connectivity index (χ4n) is 1.93. The summed E-state index contributed by atoms with van der Waals surface area (Å²) in [5, 5.41) is 0. The monoisotopic (exact) mass is 213 g/mol. The van der Waals surface area contributed by atoms with Crippen molar-refractivity contribution in [2.75, 3.05) is 13.1 Å². The summed E-state index contributed by atoms with van der Waals surface area (Å²) in [6.45, 7) is 3.60. The number of piperidine rings is 1. The highest BCUT2D eigenvalue weighted by Crippen LogP contribution is 2.16. The van der Waals surface area contributed by atoms with Crippen molar-refractivity contribution < 1.29 is 9.59 Å². The Balaban J connectivity index is 2.47. The van der Waals surface area contributed by atoms with Crippen molar-refractivity contribution in [3.63, 3.8) is 0 Å². The number of amides is 2. The second kappa shape index (κ2) is 5.11. The molecule has 5 nitrogen and oxygen atoms in total. The lowest BCUT2D eigenvalue weighted by Crippen LogP contribution is -2.48. The minimum Gasteiger partial charge on any atom is -0.370 e. The summed E-state index contributed by atoms with van der Waals surface area (Å²) in [5.41, 5.74) is 10.6. The van der Waals surface area contributed by atoms with Crippen molar-refractivity contribution in [1.29, 1.82) is 0 Å². The molecular weight excluding hydrogens is 194 g/mol. The Morgan fingerprint density at radius 1 is 1.53 bits per heavy atom. The molecule has 0 aromatic rings. The maximum atomic E-state index is 11.8. The van der Waals surface area contributed by atoms with Crippen LogP contribution in [-0.2, 0) is 9.59 Å². The lowest BCUT2D eigenvalue weighted by atomic mass is 9.99. The number of nitrogens with two attached hydrogens (primary N) is 2. The molecule has 2 amide bonds. The Hall–Kier alpha value is -1.10. The third-order valence-electron chi connectivity index (χ3n) is 2.71. The molecule has 1 heterocycles. The smallest absolute Gasteiger partial charge is 0.240 e. The summed E-state index contributed by atoms with van der Waals surface area (Å²) < 4.78 is 0. The zero-order chi connectivity index (χ0) is 11.4. The highest BCUT2D eigenvalue weighted by Gasteiger charge is 2.25. The van der Waals surface area contributed by atoms with E-state index in [4.69, 9.17) is 11.5 Å². The van der Waals surface area contributed by atoms with Crippen molar-refractivity contribution in [1.82, 2.24) is 4.90 Å². The number of rotatable bonds is 3. The molecule has 1 fully saturated rings. The van der Waals surface area contributed by atoms with Crippen LogP contribution in [0.4, 0.5) is 0 Å². The standard InChI is InChI=1S/C10H19N3O2/c1-7-3-2-4-13(6-7)10(15)8(11)5-9(12)14/h7-8H,2-6,11H2,1H3,(H2,12,14). The second-order valence-corrected chi connectivity index (χ2v) is 4.31. The molecule has 0 bridgehead atoms. The van der Waals surface area contributed by atoms with E-state index < -0.39 is 11.9 Å². The number of primary amides is 1. The number of carbonyl (C=O) groups excluding carboxylic acids is 2. The van der Waals surface area contributed by atoms with Crippen LogP contribution in [0, 0.1) is 5.92 Å². The Bertz CT molecular complexity index is 255. The van der Waals surface area contributed by atoms with Crippen molar-refractivity contribution in [2.45, 2.75) is 32.2 Å². The van der Waals surface area contributed by atoms with Gasteiger partial charge >= 0.3 is 0 Å². The van der Waals surface area contributed by atoms with Gasteiger partial charge in [0.05, 0.1) is 12.5 Å². The van der Waals surface area contributed by atoms with E-state index in [0.717, 1.165) is 25.9 Å². The molecule has 5 heteroatoms. The average molecular weight is 213 g/mol. The molecule has 4 N–H and O–H groups in total. The molecule has 0 radical (unpaired) electrons. The van der Waals surface area contributed by atoms with Gasteiger partial charge in [0.1, 0.15) is 0 Å². The maximum absolute atomic E-state index is 11.8. The molecule has 0 saturated carbocycles. The lowest BCUT2D eigenvalue weighted by Gasteiger charge is -2.32. The molecule has 1 aliphatic heterocycles. The van der Waals surface area contributed by atoms with Crippen LogP contribution in [0.25, 0.3) is 0 Å². The summed E-state index contributed by atoms with van der Waals surface area (Å²) in [5.74, 6) is -0.162. The Morgan fingerprint density at radius 2 is 2.20 bits per heavy atom. The van der Waals surface area contributed by atoms with Crippen molar-refractivity contribution in [2.24, 2.45) is 17.4 Å². The summed E-state index contributed by atoms with van der Waals surface area (Å²) in [7, 11) is 0. The van der Waals surface area contributed by atoms with Crippen LogP contribution in [0.15, 0.2) is 0 Å². The van der Waals surface area contributed by atoms with Gasteiger partial charge in [-0.05, 0) is 18.8 Å². The van der Waals surface area contributed by atoms with Gasteiger partial charge in [-0.3, -0.25) is 9.59 Å².